The van der Waals surface area contributed by atoms with Crippen molar-refractivity contribution in [2.75, 3.05) is 32.8 Å². The number of amides is 1. The van der Waals surface area contributed by atoms with Gasteiger partial charge in [-0.25, -0.2) is 8.42 Å². The van der Waals surface area contributed by atoms with Crippen molar-refractivity contribution in [1.29, 1.82) is 0 Å². The van der Waals surface area contributed by atoms with Crippen LogP contribution in [0.25, 0.3) is 0 Å². The first-order valence-corrected chi connectivity index (χ1v) is 10.9. The fourth-order valence-corrected chi connectivity index (χ4v) is 4.48. The van der Waals surface area contributed by atoms with E-state index >= 15 is 0 Å². The van der Waals surface area contributed by atoms with Gasteiger partial charge in [0.05, 0.1) is 11.5 Å². The third-order valence-electron chi connectivity index (χ3n) is 4.57. The number of carbonyl (C=O) groups excluding carboxylic acids is 1. The van der Waals surface area contributed by atoms with Gasteiger partial charge in [-0.3, -0.25) is 4.79 Å². The second-order valence-electron chi connectivity index (χ2n) is 7.24. The molecule has 6 nitrogen and oxygen atoms in total. The molecule has 1 fully saturated rings. The number of sulfonamides is 1. The van der Waals surface area contributed by atoms with E-state index in [4.69, 9.17) is 4.74 Å². The number of rotatable bonds is 6. The molecule has 0 radical (unpaired) electrons. The smallest absolute Gasteiger partial charge is 0.254 e. The third-order valence-corrected chi connectivity index (χ3v) is 6.48. The van der Waals surface area contributed by atoms with Gasteiger partial charge in [0.15, 0.2) is 0 Å². The van der Waals surface area contributed by atoms with Crippen molar-refractivity contribution in [2.24, 2.45) is 5.92 Å². The molecule has 1 heterocycles. The number of ether oxygens (including phenoxy) is 1. The Morgan fingerprint density at radius 2 is 1.68 bits per heavy atom. The van der Waals surface area contributed by atoms with E-state index in [1.165, 1.54) is 4.31 Å². The second kappa shape index (κ2) is 8.75. The number of hydrogen-bond acceptors (Lipinski definition) is 4. The molecule has 2 aromatic rings. The molecule has 0 bridgehead atoms. The molecule has 0 aliphatic carbocycles. The van der Waals surface area contributed by atoms with Crippen LogP contribution in [0.2, 0.25) is 0 Å². The maximum absolute atomic E-state index is 12.8. The van der Waals surface area contributed by atoms with Crippen molar-refractivity contribution in [3.63, 3.8) is 0 Å². The summed E-state index contributed by atoms with van der Waals surface area (Å²) in [5.74, 6) is 0.968. The molecule has 1 saturated heterocycles. The summed E-state index contributed by atoms with van der Waals surface area (Å²) in [5.41, 5.74) is 0.556. The van der Waals surface area contributed by atoms with Crippen LogP contribution in [0.5, 0.6) is 5.75 Å². The van der Waals surface area contributed by atoms with Crippen LogP contribution in [0, 0.1) is 5.92 Å². The summed E-state index contributed by atoms with van der Waals surface area (Å²) in [4.78, 5) is 14.8. The van der Waals surface area contributed by atoms with Crippen LogP contribution in [0.1, 0.15) is 24.2 Å². The van der Waals surface area contributed by atoms with Gasteiger partial charge in [0.2, 0.25) is 10.0 Å². The van der Waals surface area contributed by atoms with Crippen LogP contribution in [-0.4, -0.2) is 56.3 Å². The van der Waals surface area contributed by atoms with Crippen LogP contribution >= 0.6 is 0 Å². The van der Waals surface area contributed by atoms with Crippen LogP contribution in [0.4, 0.5) is 0 Å². The minimum absolute atomic E-state index is 0.105. The summed E-state index contributed by atoms with van der Waals surface area (Å²) in [5, 5.41) is 0. The van der Waals surface area contributed by atoms with Gasteiger partial charge in [-0.2, -0.15) is 4.31 Å². The maximum Gasteiger partial charge on any atom is 0.254 e. The van der Waals surface area contributed by atoms with Crippen molar-refractivity contribution >= 4 is 15.9 Å². The molecule has 150 valence electrons. The molecule has 0 saturated carbocycles. The molecule has 1 aliphatic rings. The van der Waals surface area contributed by atoms with E-state index in [2.05, 4.69) is 13.8 Å². The van der Waals surface area contributed by atoms with Gasteiger partial charge in [0.1, 0.15) is 5.75 Å². The highest BCUT2D eigenvalue weighted by Gasteiger charge is 2.30. The molecular formula is C21H26N2O4S. The van der Waals surface area contributed by atoms with Gasteiger partial charge in [-0.15, -0.1) is 0 Å². The number of piperazine rings is 1. The van der Waals surface area contributed by atoms with Gasteiger partial charge in [0, 0.05) is 31.7 Å². The Bertz CT molecular complexity index is 905. The maximum atomic E-state index is 12.8. The fourth-order valence-electron chi connectivity index (χ4n) is 3.04. The van der Waals surface area contributed by atoms with E-state index in [0.29, 0.717) is 36.9 Å². The largest absolute Gasteiger partial charge is 0.493 e. The minimum atomic E-state index is -3.52. The van der Waals surface area contributed by atoms with Gasteiger partial charge in [0.25, 0.3) is 5.91 Å². The van der Waals surface area contributed by atoms with Gasteiger partial charge < -0.3 is 9.64 Å². The highest BCUT2D eigenvalue weighted by Crippen LogP contribution is 2.20. The molecule has 0 aromatic heterocycles. The quantitative estimate of drug-likeness (QED) is 0.745. The zero-order chi connectivity index (χ0) is 20.1. The van der Waals surface area contributed by atoms with Crippen molar-refractivity contribution in [3.05, 3.63) is 60.2 Å². The topological polar surface area (TPSA) is 66.9 Å². The average molecular weight is 403 g/mol. The molecule has 0 N–H and O–H groups in total. The molecule has 0 spiro atoms. The number of carbonyl (C=O) groups is 1. The predicted octanol–water partition coefficient (Wildman–Crippen LogP) is 2.87. The first-order valence-electron chi connectivity index (χ1n) is 9.45. The summed E-state index contributed by atoms with van der Waals surface area (Å²) in [6.45, 7) is 6.02. The lowest BCUT2D eigenvalue weighted by Crippen LogP contribution is -2.50. The van der Waals surface area contributed by atoms with E-state index in [9.17, 15) is 13.2 Å². The lowest BCUT2D eigenvalue weighted by atomic mass is 10.1. The average Bonchev–Trinajstić information content (AvgIpc) is 2.72. The molecule has 1 amide bonds. The van der Waals surface area contributed by atoms with E-state index in [0.717, 1.165) is 0 Å². The molecule has 7 heteroatoms. The second-order valence-corrected chi connectivity index (χ2v) is 9.18. The SMILES string of the molecule is CC(C)COc1cccc(C(=O)N2CCN(S(=O)(=O)c3ccccc3)CC2)c1. The molecule has 28 heavy (non-hydrogen) atoms. The number of hydrogen-bond donors (Lipinski definition) is 0. The standard InChI is InChI=1S/C21H26N2O4S/c1-17(2)16-27-19-8-6-7-18(15-19)21(24)22-11-13-23(14-12-22)28(25,26)20-9-4-3-5-10-20/h3-10,15,17H,11-14,16H2,1-2H3. The first-order chi connectivity index (χ1) is 13.4. The first kappa shape index (κ1) is 20.4. The summed E-state index contributed by atoms with van der Waals surface area (Å²) in [6.07, 6.45) is 0. The monoisotopic (exact) mass is 402 g/mol. The minimum Gasteiger partial charge on any atom is -0.493 e. The van der Waals surface area contributed by atoms with Crippen molar-refractivity contribution in [3.8, 4) is 5.75 Å². The van der Waals surface area contributed by atoms with E-state index in [1.807, 2.05) is 6.07 Å². The molecule has 0 atom stereocenters. The lowest BCUT2D eigenvalue weighted by molar-refractivity contribution is 0.0697. The zero-order valence-corrected chi connectivity index (χ0v) is 17.1. The Morgan fingerprint density at radius 1 is 1.00 bits per heavy atom. The van der Waals surface area contributed by atoms with E-state index in [-0.39, 0.29) is 23.9 Å². The number of benzene rings is 2. The van der Waals surface area contributed by atoms with Crippen molar-refractivity contribution in [1.82, 2.24) is 9.21 Å². The van der Waals surface area contributed by atoms with E-state index < -0.39 is 10.0 Å². The lowest BCUT2D eigenvalue weighted by Gasteiger charge is -2.34. The van der Waals surface area contributed by atoms with Crippen LogP contribution < -0.4 is 4.74 Å². The Kier molecular flexibility index (Phi) is 6.36. The van der Waals surface area contributed by atoms with Crippen LogP contribution in [0.3, 0.4) is 0 Å². The van der Waals surface area contributed by atoms with Gasteiger partial charge in [-0.05, 0) is 36.2 Å². The molecule has 1 aliphatic heterocycles. The predicted molar refractivity (Wildman–Crippen MR) is 108 cm³/mol. The van der Waals surface area contributed by atoms with Crippen LogP contribution in [-0.2, 0) is 10.0 Å². The molecule has 3 rings (SSSR count). The van der Waals surface area contributed by atoms with Crippen molar-refractivity contribution in [2.45, 2.75) is 18.7 Å². The summed E-state index contributed by atoms with van der Waals surface area (Å²) >= 11 is 0. The Hall–Kier alpha value is -2.38. The van der Waals surface area contributed by atoms with Crippen molar-refractivity contribution < 1.29 is 17.9 Å². The third kappa shape index (κ3) is 4.72. The Balaban J connectivity index is 1.63. The van der Waals surface area contributed by atoms with E-state index in [1.54, 1.807) is 53.4 Å². The Morgan fingerprint density at radius 3 is 2.32 bits per heavy atom. The summed E-state index contributed by atoms with van der Waals surface area (Å²) < 4.78 is 32.6. The van der Waals surface area contributed by atoms with Crippen LogP contribution in [0.15, 0.2) is 59.5 Å². The molecular weight excluding hydrogens is 376 g/mol. The Labute approximate surface area is 166 Å². The highest BCUT2D eigenvalue weighted by atomic mass is 32.2. The highest BCUT2D eigenvalue weighted by molar-refractivity contribution is 7.89. The van der Waals surface area contributed by atoms with Gasteiger partial charge >= 0.3 is 0 Å². The zero-order valence-electron chi connectivity index (χ0n) is 16.2. The summed E-state index contributed by atoms with van der Waals surface area (Å²) in [6, 6.07) is 15.5. The normalized spacial score (nSPS) is 15.6. The number of nitrogens with zero attached hydrogens (tertiary/aromatic N) is 2. The fraction of sp³-hybridized carbons (Fsp3) is 0.381. The van der Waals surface area contributed by atoms with Gasteiger partial charge in [-0.1, -0.05) is 38.1 Å². The molecule has 2 aromatic carbocycles. The molecule has 0 unspecified atom stereocenters. The summed E-state index contributed by atoms with van der Waals surface area (Å²) in [7, 11) is -3.52.